The maximum atomic E-state index is 11.9. The van der Waals surface area contributed by atoms with Crippen LogP contribution in [0.1, 0.15) is 58.8 Å². The van der Waals surface area contributed by atoms with E-state index in [1.807, 2.05) is 6.08 Å². The lowest BCUT2D eigenvalue weighted by Gasteiger charge is -2.60. The van der Waals surface area contributed by atoms with Gasteiger partial charge in [-0.15, -0.1) is 0 Å². The van der Waals surface area contributed by atoms with Crippen LogP contribution in [0.3, 0.4) is 0 Å². The molecule has 140 valence electrons. The van der Waals surface area contributed by atoms with E-state index in [0.29, 0.717) is 24.7 Å². The van der Waals surface area contributed by atoms with Gasteiger partial charge in [-0.1, -0.05) is 19.4 Å². The Morgan fingerprint density at radius 1 is 1.24 bits per heavy atom. The second-order valence-corrected chi connectivity index (χ2v) is 9.60. The number of aliphatic hydroxyl groups is 3. The molecular weight excluding hydrogens is 316 g/mol. The second kappa shape index (κ2) is 5.90. The van der Waals surface area contributed by atoms with Crippen LogP contribution in [0, 0.1) is 34.5 Å². The van der Waals surface area contributed by atoms with E-state index in [-0.39, 0.29) is 41.2 Å². The number of allylic oxidation sites excluding steroid dienone is 1. The van der Waals surface area contributed by atoms with Crippen LogP contribution < -0.4 is 0 Å². The molecule has 0 radical (unpaired) electrons. The molecule has 8 atom stereocenters. The molecule has 4 nitrogen and oxygen atoms in total. The van der Waals surface area contributed by atoms with E-state index in [1.54, 1.807) is 0 Å². The summed E-state index contributed by atoms with van der Waals surface area (Å²) in [6.07, 6.45) is 7.00. The number of rotatable bonds is 2. The summed E-state index contributed by atoms with van der Waals surface area (Å²) >= 11 is 0. The standard InChI is InChI=1S/C21H32O4/c1-20-8-7-13(23)9-12(20)3-4-14-15-5-6-16(18(25)11-22)21(15,2)10-17(24)19(14)20/h9,14-19,22,24-25H,3-8,10-11H2,1-2H3/t14-,15-,16+,17+,18-,19+,20+,21+/m1/s1. The first-order chi connectivity index (χ1) is 11.8. The zero-order valence-electron chi connectivity index (χ0n) is 15.4. The molecule has 4 aliphatic carbocycles. The van der Waals surface area contributed by atoms with Crippen molar-refractivity contribution >= 4 is 5.78 Å². The van der Waals surface area contributed by atoms with Gasteiger partial charge in [-0.3, -0.25) is 4.79 Å². The molecule has 25 heavy (non-hydrogen) atoms. The van der Waals surface area contributed by atoms with E-state index in [2.05, 4.69) is 13.8 Å². The summed E-state index contributed by atoms with van der Waals surface area (Å²) in [7, 11) is 0. The lowest BCUT2D eigenvalue weighted by molar-refractivity contribution is -0.143. The number of hydrogen-bond donors (Lipinski definition) is 3. The van der Waals surface area contributed by atoms with Crippen molar-refractivity contribution < 1.29 is 20.1 Å². The van der Waals surface area contributed by atoms with Crippen molar-refractivity contribution in [2.45, 2.75) is 71.0 Å². The van der Waals surface area contributed by atoms with Crippen molar-refractivity contribution in [1.29, 1.82) is 0 Å². The second-order valence-electron chi connectivity index (χ2n) is 9.60. The molecule has 3 fully saturated rings. The average Bonchev–Trinajstić information content (AvgIpc) is 2.91. The predicted octanol–water partition coefficient (Wildman–Crippen LogP) is 2.46. The topological polar surface area (TPSA) is 77.8 Å². The number of ketones is 1. The van der Waals surface area contributed by atoms with Crippen LogP contribution in [0.5, 0.6) is 0 Å². The van der Waals surface area contributed by atoms with E-state index in [9.17, 15) is 20.1 Å². The molecule has 3 saturated carbocycles. The number of hydrogen-bond acceptors (Lipinski definition) is 4. The number of carbonyl (C=O) groups is 1. The highest BCUT2D eigenvalue weighted by Crippen LogP contribution is 2.66. The molecule has 0 aromatic heterocycles. The largest absolute Gasteiger partial charge is 0.394 e. The zero-order chi connectivity index (χ0) is 18.0. The molecule has 3 N–H and O–H groups in total. The maximum Gasteiger partial charge on any atom is 0.155 e. The third-order valence-electron chi connectivity index (χ3n) is 8.62. The molecule has 0 heterocycles. The van der Waals surface area contributed by atoms with Gasteiger partial charge in [-0.25, -0.2) is 0 Å². The molecule has 0 unspecified atom stereocenters. The van der Waals surface area contributed by atoms with Gasteiger partial charge in [-0.05, 0) is 79.1 Å². The van der Waals surface area contributed by atoms with Gasteiger partial charge in [0.25, 0.3) is 0 Å². The van der Waals surface area contributed by atoms with Gasteiger partial charge in [0.05, 0.1) is 18.8 Å². The van der Waals surface area contributed by atoms with Crippen molar-refractivity contribution in [3.05, 3.63) is 11.6 Å². The average molecular weight is 348 g/mol. The fourth-order valence-corrected chi connectivity index (χ4v) is 7.49. The minimum Gasteiger partial charge on any atom is -0.394 e. The van der Waals surface area contributed by atoms with Crippen LogP contribution in [0.15, 0.2) is 11.6 Å². The molecule has 0 bridgehead atoms. The Balaban J connectivity index is 1.69. The fraction of sp³-hybridized carbons (Fsp3) is 0.857. The van der Waals surface area contributed by atoms with E-state index in [1.165, 1.54) is 5.57 Å². The van der Waals surface area contributed by atoms with Crippen LogP contribution in [-0.4, -0.2) is 39.9 Å². The monoisotopic (exact) mass is 348 g/mol. The maximum absolute atomic E-state index is 11.9. The van der Waals surface area contributed by atoms with Crippen LogP contribution >= 0.6 is 0 Å². The van der Waals surface area contributed by atoms with Gasteiger partial charge in [0, 0.05) is 6.42 Å². The summed E-state index contributed by atoms with van der Waals surface area (Å²) in [6.45, 7) is 4.30. The number of carbonyl (C=O) groups excluding carboxylic acids is 1. The Kier molecular flexibility index (Phi) is 4.17. The van der Waals surface area contributed by atoms with E-state index < -0.39 is 6.10 Å². The zero-order valence-corrected chi connectivity index (χ0v) is 15.4. The van der Waals surface area contributed by atoms with Gasteiger partial charge < -0.3 is 15.3 Å². The minimum atomic E-state index is -0.680. The lowest BCUT2D eigenvalue weighted by atomic mass is 9.46. The van der Waals surface area contributed by atoms with Crippen molar-refractivity contribution in [3.63, 3.8) is 0 Å². The summed E-state index contributed by atoms with van der Waals surface area (Å²) in [5.41, 5.74) is 1.12. The van der Waals surface area contributed by atoms with E-state index in [0.717, 1.165) is 32.1 Å². The Labute approximate surface area is 150 Å². The summed E-state index contributed by atoms with van der Waals surface area (Å²) in [5, 5.41) is 31.0. The van der Waals surface area contributed by atoms with Gasteiger partial charge in [0.15, 0.2) is 5.78 Å². The summed E-state index contributed by atoms with van der Waals surface area (Å²) < 4.78 is 0. The third-order valence-corrected chi connectivity index (χ3v) is 8.62. The molecule has 4 aliphatic rings. The first-order valence-corrected chi connectivity index (χ1v) is 10.0. The Morgan fingerprint density at radius 2 is 2.00 bits per heavy atom. The van der Waals surface area contributed by atoms with Gasteiger partial charge in [0.1, 0.15) is 0 Å². The molecule has 0 aromatic carbocycles. The van der Waals surface area contributed by atoms with E-state index in [4.69, 9.17) is 0 Å². The summed E-state index contributed by atoms with van der Waals surface area (Å²) in [4.78, 5) is 11.9. The molecule has 4 heteroatoms. The first kappa shape index (κ1) is 17.7. The molecule has 0 aromatic rings. The lowest BCUT2D eigenvalue weighted by Crippen LogP contribution is -2.57. The first-order valence-electron chi connectivity index (χ1n) is 10.0. The van der Waals surface area contributed by atoms with Crippen molar-refractivity contribution in [1.82, 2.24) is 0 Å². The van der Waals surface area contributed by atoms with Gasteiger partial charge in [-0.2, -0.15) is 0 Å². The van der Waals surface area contributed by atoms with Crippen LogP contribution in [0.2, 0.25) is 0 Å². The van der Waals surface area contributed by atoms with Crippen molar-refractivity contribution in [3.8, 4) is 0 Å². The summed E-state index contributed by atoms with van der Waals surface area (Å²) in [6, 6.07) is 0. The highest BCUT2D eigenvalue weighted by molar-refractivity contribution is 5.91. The van der Waals surface area contributed by atoms with Crippen LogP contribution in [-0.2, 0) is 4.79 Å². The fourth-order valence-electron chi connectivity index (χ4n) is 7.49. The smallest absolute Gasteiger partial charge is 0.155 e. The molecule has 4 rings (SSSR count). The number of aliphatic hydroxyl groups excluding tert-OH is 3. The van der Waals surface area contributed by atoms with Crippen molar-refractivity contribution in [2.75, 3.05) is 6.61 Å². The highest BCUT2D eigenvalue weighted by atomic mass is 16.3. The molecular formula is C21H32O4. The normalized spacial score (nSPS) is 50.5. The Hall–Kier alpha value is -0.710. The number of fused-ring (bicyclic) bond motifs is 5. The third kappa shape index (κ3) is 2.40. The van der Waals surface area contributed by atoms with Crippen LogP contribution in [0.25, 0.3) is 0 Å². The van der Waals surface area contributed by atoms with Gasteiger partial charge in [0.2, 0.25) is 0 Å². The molecule has 0 aliphatic heterocycles. The van der Waals surface area contributed by atoms with E-state index >= 15 is 0 Å². The highest BCUT2D eigenvalue weighted by Gasteiger charge is 2.62. The Morgan fingerprint density at radius 3 is 2.72 bits per heavy atom. The predicted molar refractivity (Wildman–Crippen MR) is 94.7 cm³/mol. The molecule has 0 saturated heterocycles. The summed E-state index contributed by atoms with van der Waals surface area (Å²) in [5.74, 6) is 1.51. The quantitative estimate of drug-likeness (QED) is 0.716. The Bertz CT molecular complexity index is 599. The van der Waals surface area contributed by atoms with Crippen LogP contribution in [0.4, 0.5) is 0 Å². The SMILES string of the molecule is C[C@]12C[C@H](O)[C@@H]3[C@H](CCC4=CC(=O)CC[C@@]43C)[C@H]1CC[C@H]2[C@H](O)CO. The molecule has 0 spiro atoms. The molecule has 0 amide bonds. The van der Waals surface area contributed by atoms with Crippen molar-refractivity contribution in [2.24, 2.45) is 34.5 Å². The minimum absolute atomic E-state index is 0.0503. The van der Waals surface area contributed by atoms with Gasteiger partial charge >= 0.3 is 0 Å².